The van der Waals surface area contributed by atoms with Crippen LogP contribution >= 0.6 is 0 Å². The lowest BCUT2D eigenvalue weighted by Crippen LogP contribution is -2.57. The number of allylic oxidation sites excluding steroid dienone is 1. The van der Waals surface area contributed by atoms with Gasteiger partial charge in [-0.2, -0.15) is 0 Å². The van der Waals surface area contributed by atoms with Crippen molar-refractivity contribution in [2.75, 3.05) is 0 Å². The third kappa shape index (κ3) is 3.78. The Morgan fingerprint density at radius 3 is 2.13 bits per heavy atom. The van der Waals surface area contributed by atoms with E-state index in [1.807, 2.05) is 18.3 Å². The predicted molar refractivity (Wildman–Crippen MR) is 187 cm³/mol. The molecule has 46 heavy (non-hydrogen) atoms. The molecule has 0 fully saturated rings. The summed E-state index contributed by atoms with van der Waals surface area (Å²) in [5, 5.41) is 1.30. The first-order valence-electron chi connectivity index (χ1n) is 15.9. The smallest absolute Gasteiger partial charge is 0.260 e. The molecule has 0 radical (unpaired) electrons. The van der Waals surface area contributed by atoms with E-state index in [4.69, 9.17) is 9.47 Å². The number of aryl methyl sites for hydroxylation is 1. The fourth-order valence-electron chi connectivity index (χ4n) is 7.59. The molecule has 4 heterocycles. The van der Waals surface area contributed by atoms with Crippen molar-refractivity contribution in [1.82, 2.24) is 9.55 Å². The minimum Gasteiger partial charge on any atom is -0.458 e. The van der Waals surface area contributed by atoms with Crippen LogP contribution in [0.5, 0.6) is 23.0 Å². The van der Waals surface area contributed by atoms with Crippen LogP contribution in [0.4, 0.5) is 0 Å². The molecule has 5 aromatic carbocycles. The predicted octanol–water partition coefficient (Wildman–Crippen LogP) is 8.05. The second-order valence-electron chi connectivity index (χ2n) is 12.2. The normalized spacial score (nSPS) is 13.7. The minimum atomic E-state index is -0.0610. The van der Waals surface area contributed by atoms with Crippen LogP contribution in [0.15, 0.2) is 134 Å². The van der Waals surface area contributed by atoms with Crippen molar-refractivity contribution in [3.8, 4) is 51.1 Å². The summed E-state index contributed by atoms with van der Waals surface area (Å²) >= 11 is 0. The standard InChI is InChI=1S/C41H27BN2O2/c1-2-10-26(11-3-1)27-17-19-37-32(22-27)42-33-23-28(34-14-8-9-21-43-34)18-20-38(33)46-40-25-29(24-39(45-37)41(40)42)44-35-15-6-4-12-30(35)31-13-5-7-16-36(31)44/h1-4,6-12,14-25H,5,13H2. The van der Waals surface area contributed by atoms with E-state index < -0.39 is 0 Å². The van der Waals surface area contributed by atoms with Gasteiger partial charge in [0.05, 0.1) is 16.9 Å². The van der Waals surface area contributed by atoms with E-state index in [1.165, 1.54) is 27.7 Å². The van der Waals surface area contributed by atoms with Gasteiger partial charge in [-0.15, -0.1) is 0 Å². The van der Waals surface area contributed by atoms with E-state index in [-0.39, 0.29) is 6.71 Å². The number of hydrogen-bond donors (Lipinski definition) is 0. The zero-order valence-electron chi connectivity index (χ0n) is 25.0. The first kappa shape index (κ1) is 25.5. The molecule has 7 aromatic rings. The first-order valence-corrected chi connectivity index (χ1v) is 15.9. The average Bonchev–Trinajstić information content (AvgIpc) is 3.46. The van der Waals surface area contributed by atoms with Gasteiger partial charge >= 0.3 is 0 Å². The molecule has 0 saturated carbocycles. The maximum atomic E-state index is 6.82. The van der Waals surface area contributed by atoms with Crippen LogP contribution in [0.3, 0.4) is 0 Å². The summed E-state index contributed by atoms with van der Waals surface area (Å²) in [6.07, 6.45) is 8.48. The molecule has 1 aliphatic carbocycles. The summed E-state index contributed by atoms with van der Waals surface area (Å²) in [6.45, 7) is -0.0610. The quantitative estimate of drug-likeness (QED) is 0.196. The van der Waals surface area contributed by atoms with Crippen molar-refractivity contribution in [2.45, 2.75) is 12.8 Å². The Balaban J connectivity index is 1.21. The summed E-state index contributed by atoms with van der Waals surface area (Å²) in [5.74, 6) is 3.39. The molecule has 216 valence electrons. The minimum absolute atomic E-state index is 0.0610. The number of aromatic nitrogens is 2. The largest absolute Gasteiger partial charge is 0.458 e. The first-order chi connectivity index (χ1) is 22.8. The van der Waals surface area contributed by atoms with Gasteiger partial charge in [-0.05, 0) is 88.5 Å². The number of nitrogens with zero attached hydrogens (tertiary/aromatic N) is 2. The van der Waals surface area contributed by atoms with Crippen LogP contribution < -0.4 is 25.9 Å². The number of rotatable bonds is 3. The maximum Gasteiger partial charge on any atom is 0.260 e. The summed E-state index contributed by atoms with van der Waals surface area (Å²) in [5.41, 5.74) is 12.5. The Labute approximate surface area is 267 Å². The molecule has 0 spiro atoms. The van der Waals surface area contributed by atoms with Gasteiger partial charge in [0.25, 0.3) is 6.71 Å². The Morgan fingerprint density at radius 2 is 1.35 bits per heavy atom. The summed E-state index contributed by atoms with van der Waals surface area (Å²) < 4.78 is 16.0. The highest BCUT2D eigenvalue weighted by Crippen LogP contribution is 2.41. The monoisotopic (exact) mass is 590 g/mol. The van der Waals surface area contributed by atoms with Crippen LogP contribution in [-0.4, -0.2) is 16.3 Å². The topological polar surface area (TPSA) is 36.3 Å². The van der Waals surface area contributed by atoms with Gasteiger partial charge in [-0.25, -0.2) is 0 Å². The molecule has 0 amide bonds. The zero-order chi connectivity index (χ0) is 30.2. The summed E-state index contributed by atoms with van der Waals surface area (Å²) in [6, 6.07) is 42.7. The van der Waals surface area contributed by atoms with Crippen LogP contribution in [0.2, 0.25) is 0 Å². The Kier molecular flexibility index (Phi) is 5.46. The van der Waals surface area contributed by atoms with E-state index >= 15 is 0 Å². The number of ether oxygens (including phenoxy) is 2. The van der Waals surface area contributed by atoms with Crippen LogP contribution in [0.25, 0.3) is 45.1 Å². The van der Waals surface area contributed by atoms with E-state index in [9.17, 15) is 0 Å². The van der Waals surface area contributed by atoms with Gasteiger partial charge in [0.1, 0.15) is 23.0 Å². The van der Waals surface area contributed by atoms with Crippen molar-refractivity contribution in [3.05, 3.63) is 145 Å². The van der Waals surface area contributed by atoms with Crippen molar-refractivity contribution < 1.29 is 9.47 Å². The Morgan fingerprint density at radius 1 is 0.630 bits per heavy atom. The molecule has 5 heteroatoms. The summed E-state index contributed by atoms with van der Waals surface area (Å²) in [4.78, 5) is 4.65. The van der Waals surface area contributed by atoms with Gasteiger partial charge in [-0.1, -0.05) is 78.9 Å². The highest BCUT2D eigenvalue weighted by atomic mass is 16.5. The molecule has 10 rings (SSSR count). The maximum absolute atomic E-state index is 6.82. The summed E-state index contributed by atoms with van der Waals surface area (Å²) in [7, 11) is 0. The number of para-hydroxylation sites is 1. The van der Waals surface area contributed by atoms with E-state index in [1.54, 1.807) is 0 Å². The number of benzene rings is 5. The Bertz CT molecular complexity index is 2260. The molecule has 0 bridgehead atoms. The van der Waals surface area contributed by atoms with Gasteiger partial charge < -0.3 is 14.0 Å². The number of pyridine rings is 1. The molecule has 0 unspecified atom stereocenters. The van der Waals surface area contributed by atoms with Gasteiger partial charge in [0, 0.05) is 34.9 Å². The van der Waals surface area contributed by atoms with Gasteiger partial charge in [0.15, 0.2) is 0 Å². The highest BCUT2D eigenvalue weighted by Gasteiger charge is 2.41. The third-order valence-corrected chi connectivity index (χ3v) is 9.64. The second kappa shape index (κ2) is 9.85. The van der Waals surface area contributed by atoms with Crippen molar-refractivity contribution in [2.24, 2.45) is 0 Å². The SMILES string of the molecule is C1=Cc2c(c3ccccc3n2-c2cc3c4c(c2)Oc2ccc(-c5ccccn5)cc2B4c2cc(-c4ccccc4)ccc2O3)CC1. The van der Waals surface area contributed by atoms with Gasteiger partial charge in [-0.3, -0.25) is 4.98 Å². The van der Waals surface area contributed by atoms with Crippen molar-refractivity contribution in [3.63, 3.8) is 0 Å². The molecular formula is C41H27BN2O2. The lowest BCUT2D eigenvalue weighted by atomic mass is 9.34. The lowest BCUT2D eigenvalue weighted by Gasteiger charge is -2.34. The highest BCUT2D eigenvalue weighted by molar-refractivity contribution is 6.98. The van der Waals surface area contributed by atoms with Crippen molar-refractivity contribution in [1.29, 1.82) is 0 Å². The van der Waals surface area contributed by atoms with Crippen LogP contribution in [-0.2, 0) is 6.42 Å². The molecule has 2 aliphatic heterocycles. The van der Waals surface area contributed by atoms with Crippen LogP contribution in [0, 0.1) is 0 Å². The molecule has 0 saturated heterocycles. The fourth-order valence-corrected chi connectivity index (χ4v) is 7.59. The average molecular weight is 590 g/mol. The number of fused-ring (bicyclic) bond motifs is 7. The van der Waals surface area contributed by atoms with Crippen molar-refractivity contribution >= 4 is 40.1 Å². The molecule has 0 N–H and O–H groups in total. The van der Waals surface area contributed by atoms with Crippen LogP contribution in [0.1, 0.15) is 17.7 Å². The molecule has 0 atom stereocenters. The van der Waals surface area contributed by atoms with E-state index in [0.29, 0.717) is 0 Å². The zero-order valence-corrected chi connectivity index (χ0v) is 25.0. The lowest BCUT2D eigenvalue weighted by molar-refractivity contribution is 0.464. The Hall–Kier alpha value is -5.81. The van der Waals surface area contributed by atoms with E-state index in [2.05, 4.69) is 131 Å². The third-order valence-electron chi connectivity index (χ3n) is 9.64. The van der Waals surface area contributed by atoms with E-state index in [0.717, 1.165) is 74.7 Å². The molecular weight excluding hydrogens is 563 g/mol. The molecule has 3 aliphatic rings. The fraction of sp³-hybridized carbons (Fsp3) is 0.0488. The van der Waals surface area contributed by atoms with Gasteiger partial charge in [0.2, 0.25) is 0 Å². The molecule has 4 nitrogen and oxygen atoms in total. The molecule has 2 aromatic heterocycles. The number of hydrogen-bond acceptors (Lipinski definition) is 3. The second-order valence-corrected chi connectivity index (χ2v) is 12.2.